The lowest BCUT2D eigenvalue weighted by Gasteiger charge is -2.11. The monoisotopic (exact) mass is 446 g/mol. The first-order valence-electron chi connectivity index (χ1n) is 10.2. The van der Waals surface area contributed by atoms with Crippen LogP contribution in [0.3, 0.4) is 0 Å². The number of carboxylic acid groups (broad SMARTS) is 1. The summed E-state index contributed by atoms with van der Waals surface area (Å²) in [4.78, 5) is 27.4. The highest BCUT2D eigenvalue weighted by Gasteiger charge is 2.08. The van der Waals surface area contributed by atoms with Crippen molar-refractivity contribution in [2.75, 3.05) is 5.32 Å². The molecular weight excluding hydrogens is 424 g/mol. The predicted molar refractivity (Wildman–Crippen MR) is 128 cm³/mol. The van der Waals surface area contributed by atoms with Crippen LogP contribution in [0.4, 0.5) is 5.69 Å². The van der Waals surface area contributed by atoms with Gasteiger partial charge in [0.05, 0.1) is 0 Å². The standard InChI is InChI=1S/C26H23ClN2O3/c27-24-12-3-1-7-19(24)14-15-25(30)29-22-10-5-8-20(17-22)23(11-2-4-13-26(31)32)21-9-6-16-28-18-21/h1,3,5-12,14-18H,2,4,13H2,(H,29,30)(H,31,32)/b15-14+,23-11?. The smallest absolute Gasteiger partial charge is 0.303 e. The predicted octanol–water partition coefficient (Wildman–Crippen LogP) is 6.07. The summed E-state index contributed by atoms with van der Waals surface area (Å²) in [6.45, 7) is 0. The van der Waals surface area contributed by atoms with Crippen LogP contribution in [-0.4, -0.2) is 22.0 Å². The van der Waals surface area contributed by atoms with E-state index in [-0.39, 0.29) is 12.3 Å². The van der Waals surface area contributed by atoms with Crippen molar-refractivity contribution in [1.29, 1.82) is 0 Å². The minimum absolute atomic E-state index is 0.116. The zero-order valence-electron chi connectivity index (χ0n) is 17.4. The molecule has 3 aromatic rings. The Labute approximate surface area is 192 Å². The molecule has 6 heteroatoms. The van der Waals surface area contributed by atoms with Crippen molar-refractivity contribution in [3.05, 3.63) is 107 Å². The van der Waals surface area contributed by atoms with Crippen molar-refractivity contribution in [2.24, 2.45) is 0 Å². The third-order valence-electron chi connectivity index (χ3n) is 4.68. The number of hydrogen-bond donors (Lipinski definition) is 2. The lowest BCUT2D eigenvalue weighted by molar-refractivity contribution is -0.137. The van der Waals surface area contributed by atoms with E-state index in [1.54, 1.807) is 24.5 Å². The number of nitrogens with zero attached hydrogens (tertiary/aromatic N) is 1. The number of amides is 1. The van der Waals surface area contributed by atoms with Gasteiger partial charge in [-0.15, -0.1) is 0 Å². The first kappa shape index (κ1) is 23.0. The number of unbranched alkanes of at least 4 members (excludes halogenated alkanes) is 1. The van der Waals surface area contributed by atoms with Gasteiger partial charge in [-0.1, -0.05) is 54.1 Å². The quantitative estimate of drug-likeness (QED) is 0.308. The zero-order chi connectivity index (χ0) is 22.8. The number of aromatic nitrogens is 1. The van der Waals surface area contributed by atoms with Gasteiger partial charge in [-0.2, -0.15) is 0 Å². The maximum atomic E-state index is 12.4. The normalized spacial score (nSPS) is 11.5. The number of aliphatic carboxylic acids is 1. The van der Waals surface area contributed by atoms with Gasteiger partial charge in [0, 0.05) is 41.2 Å². The van der Waals surface area contributed by atoms with Crippen molar-refractivity contribution in [3.63, 3.8) is 0 Å². The SMILES string of the molecule is O=C(O)CCCC=C(c1cccnc1)c1cccc(NC(=O)/C=C/c2ccccc2Cl)c1. The van der Waals surface area contributed by atoms with Crippen LogP contribution in [0, 0.1) is 0 Å². The maximum absolute atomic E-state index is 12.4. The fraction of sp³-hybridized carbons (Fsp3) is 0.115. The molecule has 0 aliphatic heterocycles. The van der Waals surface area contributed by atoms with E-state index in [0.717, 1.165) is 22.3 Å². The van der Waals surface area contributed by atoms with E-state index in [9.17, 15) is 9.59 Å². The molecule has 0 radical (unpaired) electrons. The number of benzene rings is 2. The molecule has 2 N–H and O–H groups in total. The number of anilines is 1. The van der Waals surface area contributed by atoms with Crippen molar-refractivity contribution in [3.8, 4) is 0 Å². The molecular formula is C26H23ClN2O3. The van der Waals surface area contributed by atoms with Gasteiger partial charge in [-0.25, -0.2) is 0 Å². The number of pyridine rings is 1. The zero-order valence-corrected chi connectivity index (χ0v) is 18.1. The molecule has 1 amide bonds. The topological polar surface area (TPSA) is 79.3 Å². The Hall–Kier alpha value is -3.70. The molecule has 0 bridgehead atoms. The van der Waals surface area contributed by atoms with Crippen molar-refractivity contribution < 1.29 is 14.7 Å². The molecule has 0 atom stereocenters. The Morgan fingerprint density at radius 2 is 1.84 bits per heavy atom. The van der Waals surface area contributed by atoms with E-state index >= 15 is 0 Å². The number of halogens is 1. The first-order chi connectivity index (χ1) is 15.5. The van der Waals surface area contributed by atoms with Crippen LogP contribution in [0.5, 0.6) is 0 Å². The van der Waals surface area contributed by atoms with Gasteiger partial charge in [0.2, 0.25) is 5.91 Å². The van der Waals surface area contributed by atoms with Crippen molar-refractivity contribution >= 4 is 40.8 Å². The molecule has 2 aromatic carbocycles. The van der Waals surface area contributed by atoms with Crippen LogP contribution in [0.2, 0.25) is 5.02 Å². The highest BCUT2D eigenvalue weighted by molar-refractivity contribution is 6.32. The molecule has 3 rings (SSSR count). The van der Waals surface area contributed by atoms with E-state index in [0.29, 0.717) is 23.6 Å². The van der Waals surface area contributed by atoms with Crippen molar-refractivity contribution in [2.45, 2.75) is 19.3 Å². The van der Waals surface area contributed by atoms with Gasteiger partial charge < -0.3 is 10.4 Å². The Morgan fingerprint density at radius 3 is 2.59 bits per heavy atom. The molecule has 1 aromatic heterocycles. The van der Waals surface area contributed by atoms with Gasteiger partial charge in [0.25, 0.3) is 0 Å². The van der Waals surface area contributed by atoms with E-state index in [4.69, 9.17) is 16.7 Å². The number of carboxylic acids is 1. The minimum atomic E-state index is -0.809. The lowest BCUT2D eigenvalue weighted by atomic mass is 9.97. The molecule has 0 aliphatic carbocycles. The number of rotatable bonds is 9. The Kier molecular flexibility index (Phi) is 8.35. The van der Waals surface area contributed by atoms with Crippen LogP contribution < -0.4 is 5.32 Å². The van der Waals surface area contributed by atoms with Crippen LogP contribution in [-0.2, 0) is 9.59 Å². The summed E-state index contributed by atoms with van der Waals surface area (Å²) >= 11 is 6.12. The van der Waals surface area contributed by atoms with E-state index < -0.39 is 5.97 Å². The van der Waals surface area contributed by atoms with Gasteiger partial charge in [-0.05, 0) is 59.9 Å². The fourth-order valence-electron chi connectivity index (χ4n) is 3.15. The lowest BCUT2D eigenvalue weighted by Crippen LogP contribution is -2.08. The first-order valence-corrected chi connectivity index (χ1v) is 10.6. The van der Waals surface area contributed by atoms with Crippen LogP contribution >= 0.6 is 11.6 Å². The molecule has 5 nitrogen and oxygen atoms in total. The van der Waals surface area contributed by atoms with Gasteiger partial charge in [-0.3, -0.25) is 14.6 Å². The summed E-state index contributed by atoms with van der Waals surface area (Å²) in [5, 5.41) is 12.3. The summed E-state index contributed by atoms with van der Waals surface area (Å²) in [5.41, 5.74) is 4.18. The molecule has 0 aliphatic rings. The molecule has 0 saturated carbocycles. The summed E-state index contributed by atoms with van der Waals surface area (Å²) in [6, 6.07) is 18.6. The highest BCUT2D eigenvalue weighted by atomic mass is 35.5. The molecule has 1 heterocycles. The van der Waals surface area contributed by atoms with Gasteiger partial charge in [0.1, 0.15) is 0 Å². The molecule has 32 heavy (non-hydrogen) atoms. The second-order valence-corrected chi connectivity index (χ2v) is 7.48. The number of nitrogens with one attached hydrogen (secondary N) is 1. The third-order valence-corrected chi connectivity index (χ3v) is 5.02. The maximum Gasteiger partial charge on any atom is 0.303 e. The number of hydrogen-bond acceptors (Lipinski definition) is 3. The largest absolute Gasteiger partial charge is 0.481 e. The van der Waals surface area contributed by atoms with Crippen molar-refractivity contribution in [1.82, 2.24) is 4.98 Å². The van der Waals surface area contributed by atoms with Gasteiger partial charge >= 0.3 is 5.97 Å². The molecule has 0 saturated heterocycles. The van der Waals surface area contributed by atoms with Crippen LogP contribution in [0.1, 0.15) is 36.0 Å². The molecule has 0 spiro atoms. The minimum Gasteiger partial charge on any atom is -0.481 e. The average Bonchev–Trinajstić information content (AvgIpc) is 2.79. The Balaban J connectivity index is 1.78. The van der Waals surface area contributed by atoms with Crippen LogP contribution in [0.15, 0.2) is 85.2 Å². The second-order valence-electron chi connectivity index (χ2n) is 7.07. The molecule has 0 unspecified atom stereocenters. The second kappa shape index (κ2) is 11.6. The summed E-state index contributed by atoms with van der Waals surface area (Å²) in [7, 11) is 0. The Bertz CT molecular complexity index is 1140. The molecule has 162 valence electrons. The molecule has 0 fully saturated rings. The van der Waals surface area contributed by atoms with E-state index in [1.165, 1.54) is 6.08 Å². The number of carbonyl (C=O) groups is 2. The summed E-state index contributed by atoms with van der Waals surface area (Å²) in [6.07, 6.45) is 9.87. The Morgan fingerprint density at radius 1 is 1.03 bits per heavy atom. The third kappa shape index (κ3) is 6.93. The average molecular weight is 447 g/mol. The number of allylic oxidation sites excluding steroid dienone is 1. The van der Waals surface area contributed by atoms with E-state index in [1.807, 2.05) is 60.7 Å². The highest BCUT2D eigenvalue weighted by Crippen LogP contribution is 2.26. The van der Waals surface area contributed by atoms with Gasteiger partial charge in [0.15, 0.2) is 0 Å². The summed E-state index contributed by atoms with van der Waals surface area (Å²) < 4.78 is 0. The van der Waals surface area contributed by atoms with Crippen LogP contribution in [0.25, 0.3) is 11.6 Å². The summed E-state index contributed by atoms with van der Waals surface area (Å²) in [5.74, 6) is -1.08. The fourth-order valence-corrected chi connectivity index (χ4v) is 3.35. The van der Waals surface area contributed by atoms with E-state index in [2.05, 4.69) is 10.3 Å². The number of carbonyl (C=O) groups excluding carboxylic acids is 1.